The number of hydrogen-bond donors (Lipinski definition) is 1. The summed E-state index contributed by atoms with van der Waals surface area (Å²) in [6.45, 7) is 0. The molecule has 0 unspecified atom stereocenters. The van der Waals surface area contributed by atoms with E-state index in [2.05, 4.69) is 4.98 Å². The summed E-state index contributed by atoms with van der Waals surface area (Å²) in [5.74, 6) is 0.653. The average molecular weight is 348 g/mol. The predicted molar refractivity (Wildman–Crippen MR) is 95.1 cm³/mol. The lowest BCUT2D eigenvalue weighted by Gasteiger charge is -2.01. The summed E-state index contributed by atoms with van der Waals surface area (Å²) in [6.07, 6.45) is 0.629. The molecule has 1 N–H and O–H groups in total. The fraction of sp³-hybridized carbons (Fsp3) is 0.222. The van der Waals surface area contributed by atoms with Crippen LogP contribution < -0.4 is 0 Å². The Labute approximate surface area is 143 Å². The van der Waals surface area contributed by atoms with Crippen LogP contribution in [0.2, 0.25) is 0 Å². The third-order valence-corrected chi connectivity index (χ3v) is 4.26. The molecule has 0 amide bonds. The number of H-pyrrole nitrogens is 1. The topological polar surface area (TPSA) is 49.9 Å². The lowest BCUT2D eigenvalue weighted by Crippen LogP contribution is -1.99. The number of carbonyl (C=O) groups is 2. The van der Waals surface area contributed by atoms with Gasteiger partial charge >= 0.3 is 0 Å². The zero-order chi connectivity index (χ0) is 16.4. The Morgan fingerprint density at radius 2 is 1.22 bits per heavy atom. The van der Waals surface area contributed by atoms with E-state index in [4.69, 9.17) is 23.2 Å². The summed E-state index contributed by atoms with van der Waals surface area (Å²) in [6, 6.07) is 11.1. The standard InChI is InChI=1S/C18H15Cl2NO2/c19-7-5-17(22)11-1-3-15-13(9-11)14-10-12(18(23)6-8-20)2-4-16(14)21-15/h1-4,9-10,21H,5-8H2. The van der Waals surface area contributed by atoms with Crippen molar-refractivity contribution in [1.29, 1.82) is 0 Å². The third kappa shape index (κ3) is 3.12. The Morgan fingerprint density at radius 1 is 0.783 bits per heavy atom. The van der Waals surface area contributed by atoms with E-state index in [0.717, 1.165) is 21.8 Å². The van der Waals surface area contributed by atoms with Crippen LogP contribution in [0.4, 0.5) is 0 Å². The fourth-order valence-electron chi connectivity index (χ4n) is 2.70. The minimum Gasteiger partial charge on any atom is -0.355 e. The van der Waals surface area contributed by atoms with Crippen molar-refractivity contribution in [2.45, 2.75) is 12.8 Å². The molecule has 0 spiro atoms. The number of rotatable bonds is 6. The molecule has 2 aromatic carbocycles. The number of fused-ring (bicyclic) bond motifs is 3. The average Bonchev–Trinajstić information content (AvgIpc) is 2.92. The molecule has 1 aromatic heterocycles. The largest absolute Gasteiger partial charge is 0.355 e. The van der Waals surface area contributed by atoms with E-state index in [1.54, 1.807) is 12.1 Å². The van der Waals surface area contributed by atoms with Crippen molar-refractivity contribution in [3.63, 3.8) is 0 Å². The van der Waals surface area contributed by atoms with Crippen molar-refractivity contribution in [3.8, 4) is 0 Å². The number of aromatic amines is 1. The van der Waals surface area contributed by atoms with E-state index in [1.165, 1.54) is 0 Å². The Hall–Kier alpha value is -1.84. The van der Waals surface area contributed by atoms with Gasteiger partial charge in [0.25, 0.3) is 0 Å². The highest BCUT2D eigenvalue weighted by atomic mass is 35.5. The van der Waals surface area contributed by atoms with E-state index in [0.29, 0.717) is 35.7 Å². The first kappa shape index (κ1) is 16.0. The second-order valence-corrected chi connectivity index (χ2v) is 6.13. The second kappa shape index (κ2) is 6.73. The van der Waals surface area contributed by atoms with Crippen molar-refractivity contribution in [2.75, 3.05) is 11.8 Å². The molecule has 0 saturated carbocycles. The van der Waals surface area contributed by atoms with Gasteiger partial charge in [0.2, 0.25) is 0 Å². The quantitative estimate of drug-likeness (QED) is 0.506. The van der Waals surface area contributed by atoms with E-state index < -0.39 is 0 Å². The van der Waals surface area contributed by atoms with Crippen LogP contribution in [0.15, 0.2) is 36.4 Å². The number of halogens is 2. The van der Waals surface area contributed by atoms with Gasteiger partial charge in [-0.1, -0.05) is 0 Å². The molecule has 118 valence electrons. The van der Waals surface area contributed by atoms with Gasteiger partial charge in [0.15, 0.2) is 11.6 Å². The molecule has 0 aliphatic heterocycles. The highest BCUT2D eigenvalue weighted by Gasteiger charge is 2.12. The lowest BCUT2D eigenvalue weighted by molar-refractivity contribution is 0.0981. The van der Waals surface area contributed by atoms with Gasteiger partial charge in [-0.25, -0.2) is 0 Å². The van der Waals surface area contributed by atoms with Crippen molar-refractivity contribution in [2.24, 2.45) is 0 Å². The van der Waals surface area contributed by atoms with Gasteiger partial charge in [0, 0.05) is 57.5 Å². The van der Waals surface area contributed by atoms with Crippen LogP contribution in [0.5, 0.6) is 0 Å². The van der Waals surface area contributed by atoms with Crippen LogP contribution >= 0.6 is 23.2 Å². The molecule has 0 atom stereocenters. The third-order valence-electron chi connectivity index (χ3n) is 3.89. The molecular weight excluding hydrogens is 333 g/mol. The Balaban J connectivity index is 2.13. The highest BCUT2D eigenvalue weighted by molar-refractivity contribution is 6.20. The molecule has 3 rings (SSSR count). The summed E-state index contributed by atoms with van der Waals surface area (Å²) >= 11 is 11.3. The van der Waals surface area contributed by atoms with E-state index in [1.807, 2.05) is 24.3 Å². The second-order valence-electron chi connectivity index (χ2n) is 5.37. The summed E-state index contributed by atoms with van der Waals surface area (Å²) in [5.41, 5.74) is 3.14. The van der Waals surface area contributed by atoms with E-state index in [-0.39, 0.29) is 11.6 Å². The smallest absolute Gasteiger partial charge is 0.164 e. The minimum absolute atomic E-state index is 0.0191. The molecule has 3 nitrogen and oxygen atoms in total. The van der Waals surface area contributed by atoms with Gasteiger partial charge in [0.1, 0.15) is 0 Å². The summed E-state index contributed by atoms with van der Waals surface area (Å²) in [4.78, 5) is 27.4. The summed E-state index contributed by atoms with van der Waals surface area (Å²) < 4.78 is 0. The number of hydrogen-bond acceptors (Lipinski definition) is 2. The molecule has 0 aliphatic rings. The van der Waals surface area contributed by atoms with E-state index in [9.17, 15) is 9.59 Å². The maximum absolute atomic E-state index is 12.0. The fourth-order valence-corrected chi connectivity index (χ4v) is 3.05. The molecule has 1 heterocycles. The molecule has 0 fully saturated rings. The number of aromatic nitrogens is 1. The van der Waals surface area contributed by atoms with Crippen LogP contribution in [-0.4, -0.2) is 28.3 Å². The molecule has 0 aliphatic carbocycles. The first-order chi connectivity index (χ1) is 11.1. The van der Waals surface area contributed by atoms with Gasteiger partial charge in [-0.3, -0.25) is 9.59 Å². The SMILES string of the molecule is O=C(CCCl)c1ccc2[nH]c3ccc(C(=O)CCCl)cc3c2c1. The molecule has 0 saturated heterocycles. The van der Waals surface area contributed by atoms with Gasteiger partial charge in [0.05, 0.1) is 0 Å². The summed E-state index contributed by atoms with van der Waals surface area (Å²) in [7, 11) is 0. The summed E-state index contributed by atoms with van der Waals surface area (Å²) in [5, 5.41) is 1.86. The monoisotopic (exact) mass is 347 g/mol. The number of nitrogens with one attached hydrogen (secondary N) is 1. The first-order valence-electron chi connectivity index (χ1n) is 7.38. The van der Waals surface area contributed by atoms with Crippen molar-refractivity contribution in [3.05, 3.63) is 47.5 Å². The zero-order valence-electron chi connectivity index (χ0n) is 12.4. The van der Waals surface area contributed by atoms with Crippen LogP contribution in [-0.2, 0) is 0 Å². The van der Waals surface area contributed by atoms with Crippen molar-refractivity contribution >= 4 is 56.6 Å². The first-order valence-corrected chi connectivity index (χ1v) is 8.44. The Bertz CT molecular complexity index is 826. The molecule has 3 aromatic rings. The van der Waals surface area contributed by atoms with Crippen LogP contribution in [0, 0.1) is 0 Å². The molecule has 0 bridgehead atoms. The van der Waals surface area contributed by atoms with Gasteiger partial charge in [-0.05, 0) is 36.4 Å². The number of carbonyl (C=O) groups excluding carboxylic acids is 2. The number of ketones is 2. The minimum atomic E-state index is 0.0191. The molecule has 5 heteroatoms. The molecule has 0 radical (unpaired) electrons. The number of benzene rings is 2. The molecule has 23 heavy (non-hydrogen) atoms. The van der Waals surface area contributed by atoms with Gasteiger partial charge < -0.3 is 4.98 Å². The van der Waals surface area contributed by atoms with E-state index >= 15 is 0 Å². The van der Waals surface area contributed by atoms with Gasteiger partial charge in [-0.2, -0.15) is 0 Å². The maximum Gasteiger partial charge on any atom is 0.164 e. The zero-order valence-corrected chi connectivity index (χ0v) is 13.9. The van der Waals surface area contributed by atoms with Crippen LogP contribution in [0.1, 0.15) is 33.6 Å². The van der Waals surface area contributed by atoms with Gasteiger partial charge in [-0.15, -0.1) is 23.2 Å². The lowest BCUT2D eigenvalue weighted by atomic mass is 10.0. The van der Waals surface area contributed by atoms with Crippen LogP contribution in [0.25, 0.3) is 21.8 Å². The van der Waals surface area contributed by atoms with Crippen molar-refractivity contribution < 1.29 is 9.59 Å². The normalized spacial score (nSPS) is 11.2. The number of Topliss-reactive ketones (excluding diaryl/α,β-unsaturated/α-hetero) is 2. The highest BCUT2D eigenvalue weighted by Crippen LogP contribution is 2.28. The maximum atomic E-state index is 12.0. The Kier molecular flexibility index (Phi) is 4.69. The number of alkyl halides is 2. The predicted octanol–water partition coefficient (Wildman–Crippen LogP) is 4.94. The molecular formula is C18H15Cl2NO2. The van der Waals surface area contributed by atoms with Crippen LogP contribution in [0.3, 0.4) is 0 Å². The van der Waals surface area contributed by atoms with Crippen molar-refractivity contribution in [1.82, 2.24) is 4.98 Å². The Morgan fingerprint density at radius 3 is 1.61 bits per heavy atom.